The molecule has 16 heavy (non-hydrogen) atoms. The molecule has 0 aliphatic rings. The molecule has 1 aromatic rings. The van der Waals surface area contributed by atoms with Gasteiger partial charge in [-0.3, -0.25) is 9.36 Å². The molecule has 6 nitrogen and oxygen atoms in total. The van der Waals surface area contributed by atoms with E-state index in [1.807, 2.05) is 0 Å². The Morgan fingerprint density at radius 3 is 2.75 bits per heavy atom. The third-order valence-electron chi connectivity index (χ3n) is 2.03. The Labute approximate surface area is 91.1 Å². The van der Waals surface area contributed by atoms with Crippen LogP contribution in [0.15, 0.2) is 34.0 Å². The molecule has 0 aliphatic carbocycles. The summed E-state index contributed by atoms with van der Waals surface area (Å²) in [6.45, 7) is 2.20. The molecule has 0 saturated carbocycles. The molecule has 0 radical (unpaired) electrons. The first-order valence-corrected chi connectivity index (χ1v) is 4.76. The van der Waals surface area contributed by atoms with E-state index in [2.05, 4.69) is 0 Å². The van der Waals surface area contributed by atoms with Crippen LogP contribution >= 0.6 is 0 Å². The van der Waals surface area contributed by atoms with Crippen LogP contribution in [0, 0.1) is 0 Å². The molecule has 1 N–H and O–H groups in total. The predicted octanol–water partition coefficient (Wildman–Crippen LogP) is -0.329. The van der Waals surface area contributed by atoms with Crippen molar-refractivity contribution in [2.75, 3.05) is 0 Å². The largest absolute Gasteiger partial charge is 0.478 e. The molecule has 0 amide bonds. The van der Waals surface area contributed by atoms with Gasteiger partial charge in [-0.15, -0.1) is 0 Å². The fourth-order valence-electron chi connectivity index (χ4n) is 1.22. The van der Waals surface area contributed by atoms with Gasteiger partial charge in [-0.25, -0.2) is 9.59 Å². The molecule has 1 heterocycles. The van der Waals surface area contributed by atoms with Gasteiger partial charge in [0, 0.05) is 31.4 Å². The lowest BCUT2D eigenvalue weighted by Crippen LogP contribution is -2.38. The zero-order chi connectivity index (χ0) is 12.1. The maximum absolute atomic E-state index is 11.6. The van der Waals surface area contributed by atoms with E-state index in [0.29, 0.717) is 6.54 Å². The van der Waals surface area contributed by atoms with Crippen LogP contribution in [0.3, 0.4) is 0 Å². The Balaban J connectivity index is 3.08. The number of carboxylic acid groups (broad SMARTS) is 1. The van der Waals surface area contributed by atoms with Crippen LogP contribution in [0.1, 0.15) is 6.92 Å². The van der Waals surface area contributed by atoms with Gasteiger partial charge in [0.25, 0.3) is 5.56 Å². The standard InChI is InChI=1S/C10H12N2O4/c1-2-11-7-5-8(13)12(10(11)16)6-3-4-9(14)15/h3-5,7H,2,6H2,1H3,(H,14,15). The fourth-order valence-corrected chi connectivity index (χ4v) is 1.22. The Kier molecular flexibility index (Phi) is 3.82. The molecular weight excluding hydrogens is 212 g/mol. The minimum Gasteiger partial charge on any atom is -0.478 e. The van der Waals surface area contributed by atoms with Gasteiger partial charge in [0.2, 0.25) is 0 Å². The van der Waals surface area contributed by atoms with E-state index in [9.17, 15) is 14.4 Å². The van der Waals surface area contributed by atoms with E-state index < -0.39 is 17.2 Å². The molecule has 0 aliphatic heterocycles. The molecule has 0 atom stereocenters. The number of allylic oxidation sites excluding steroid dienone is 1. The molecule has 0 spiro atoms. The molecule has 0 saturated heterocycles. The third kappa shape index (κ3) is 2.69. The highest BCUT2D eigenvalue weighted by atomic mass is 16.4. The van der Waals surface area contributed by atoms with Crippen molar-refractivity contribution in [3.05, 3.63) is 45.3 Å². The normalized spacial score (nSPS) is 10.8. The summed E-state index contributed by atoms with van der Waals surface area (Å²) in [5.74, 6) is -1.11. The van der Waals surface area contributed by atoms with Crippen molar-refractivity contribution < 1.29 is 9.90 Å². The van der Waals surface area contributed by atoms with Gasteiger partial charge in [-0.1, -0.05) is 6.08 Å². The van der Waals surface area contributed by atoms with Gasteiger partial charge in [-0.05, 0) is 6.92 Å². The van der Waals surface area contributed by atoms with E-state index >= 15 is 0 Å². The number of aromatic nitrogens is 2. The Morgan fingerprint density at radius 1 is 1.50 bits per heavy atom. The molecule has 1 aromatic heterocycles. The van der Waals surface area contributed by atoms with Crippen molar-refractivity contribution >= 4 is 5.97 Å². The highest BCUT2D eigenvalue weighted by Crippen LogP contribution is 1.81. The predicted molar refractivity (Wildman–Crippen MR) is 57.4 cm³/mol. The van der Waals surface area contributed by atoms with E-state index in [0.717, 1.165) is 10.6 Å². The molecule has 0 bridgehead atoms. The smallest absolute Gasteiger partial charge is 0.331 e. The first-order chi connectivity index (χ1) is 7.56. The summed E-state index contributed by atoms with van der Waals surface area (Å²) in [4.78, 5) is 33.2. The highest BCUT2D eigenvalue weighted by Gasteiger charge is 2.01. The average Bonchev–Trinajstić information content (AvgIpc) is 2.23. The average molecular weight is 224 g/mol. The summed E-state index contributed by atoms with van der Waals surface area (Å²) in [7, 11) is 0. The van der Waals surface area contributed by atoms with E-state index in [4.69, 9.17) is 5.11 Å². The number of aliphatic carboxylic acids is 1. The van der Waals surface area contributed by atoms with Crippen molar-refractivity contribution in [1.29, 1.82) is 0 Å². The number of rotatable bonds is 4. The minimum atomic E-state index is -1.11. The zero-order valence-corrected chi connectivity index (χ0v) is 8.79. The van der Waals surface area contributed by atoms with Gasteiger partial charge in [-0.2, -0.15) is 0 Å². The third-order valence-corrected chi connectivity index (χ3v) is 2.03. The summed E-state index contributed by atoms with van der Waals surface area (Å²) in [6, 6.07) is 1.28. The van der Waals surface area contributed by atoms with Crippen LogP contribution in [0.5, 0.6) is 0 Å². The fraction of sp³-hybridized carbons (Fsp3) is 0.300. The molecule has 86 valence electrons. The van der Waals surface area contributed by atoms with Gasteiger partial charge < -0.3 is 9.67 Å². The second-order valence-corrected chi connectivity index (χ2v) is 3.07. The molecule has 1 rings (SSSR count). The summed E-state index contributed by atoms with van der Waals surface area (Å²) in [5, 5.41) is 8.37. The highest BCUT2D eigenvalue weighted by molar-refractivity contribution is 5.79. The Hall–Kier alpha value is -2.11. The van der Waals surface area contributed by atoms with Crippen LogP contribution in [0.4, 0.5) is 0 Å². The number of carboxylic acids is 1. The van der Waals surface area contributed by atoms with Crippen molar-refractivity contribution in [1.82, 2.24) is 9.13 Å². The first kappa shape index (κ1) is 12.0. The molecule has 0 aromatic carbocycles. The summed E-state index contributed by atoms with van der Waals surface area (Å²) in [6.07, 6.45) is 3.57. The number of aryl methyl sites for hydroxylation is 1. The zero-order valence-electron chi connectivity index (χ0n) is 8.79. The van der Waals surface area contributed by atoms with E-state index in [1.54, 1.807) is 6.92 Å². The second-order valence-electron chi connectivity index (χ2n) is 3.07. The lowest BCUT2D eigenvalue weighted by Gasteiger charge is -2.05. The van der Waals surface area contributed by atoms with Crippen LogP contribution in [-0.4, -0.2) is 20.2 Å². The van der Waals surface area contributed by atoms with Crippen LogP contribution in [0.2, 0.25) is 0 Å². The second kappa shape index (κ2) is 5.11. The lowest BCUT2D eigenvalue weighted by molar-refractivity contribution is -0.131. The number of nitrogens with zero attached hydrogens (tertiary/aromatic N) is 2. The van der Waals surface area contributed by atoms with Crippen LogP contribution in [0.25, 0.3) is 0 Å². The van der Waals surface area contributed by atoms with E-state index in [1.165, 1.54) is 22.9 Å². The van der Waals surface area contributed by atoms with E-state index in [-0.39, 0.29) is 6.54 Å². The lowest BCUT2D eigenvalue weighted by atomic mass is 10.4. The monoisotopic (exact) mass is 224 g/mol. The molecule has 0 unspecified atom stereocenters. The van der Waals surface area contributed by atoms with Crippen molar-refractivity contribution in [2.24, 2.45) is 0 Å². The van der Waals surface area contributed by atoms with Crippen molar-refractivity contribution in [2.45, 2.75) is 20.0 Å². The Bertz CT molecular complexity index is 524. The summed E-state index contributed by atoms with van der Waals surface area (Å²) in [5.41, 5.74) is -0.880. The summed E-state index contributed by atoms with van der Waals surface area (Å²) >= 11 is 0. The SMILES string of the molecule is CCn1ccc(=O)n(CC=CC(=O)O)c1=O. The van der Waals surface area contributed by atoms with Crippen molar-refractivity contribution in [3.8, 4) is 0 Å². The van der Waals surface area contributed by atoms with Gasteiger partial charge in [0.15, 0.2) is 0 Å². The van der Waals surface area contributed by atoms with Crippen LogP contribution in [-0.2, 0) is 17.9 Å². The van der Waals surface area contributed by atoms with Crippen LogP contribution < -0.4 is 11.2 Å². The number of carbonyl (C=O) groups is 1. The van der Waals surface area contributed by atoms with Gasteiger partial charge in [0.1, 0.15) is 0 Å². The maximum atomic E-state index is 11.6. The Morgan fingerprint density at radius 2 is 2.19 bits per heavy atom. The number of hydrogen-bond donors (Lipinski definition) is 1. The van der Waals surface area contributed by atoms with Gasteiger partial charge >= 0.3 is 11.7 Å². The van der Waals surface area contributed by atoms with Gasteiger partial charge in [0.05, 0.1) is 0 Å². The van der Waals surface area contributed by atoms with Crippen molar-refractivity contribution in [3.63, 3.8) is 0 Å². The minimum absolute atomic E-state index is 0.0369. The first-order valence-electron chi connectivity index (χ1n) is 4.76. The number of hydrogen-bond acceptors (Lipinski definition) is 3. The topological polar surface area (TPSA) is 81.3 Å². The maximum Gasteiger partial charge on any atom is 0.331 e. The molecular formula is C10H12N2O4. The molecule has 6 heteroatoms. The quantitative estimate of drug-likeness (QED) is 0.710. The summed E-state index contributed by atoms with van der Waals surface area (Å²) < 4.78 is 2.35. The molecule has 0 fully saturated rings.